The van der Waals surface area contributed by atoms with Crippen molar-refractivity contribution in [2.75, 3.05) is 0 Å². The third-order valence-corrected chi connectivity index (χ3v) is 5.54. The summed E-state index contributed by atoms with van der Waals surface area (Å²) in [5, 5.41) is 2.50. The van der Waals surface area contributed by atoms with E-state index in [1.54, 1.807) is 0 Å². The van der Waals surface area contributed by atoms with Gasteiger partial charge in [0.25, 0.3) is 0 Å². The first kappa shape index (κ1) is 16.9. The van der Waals surface area contributed by atoms with Crippen molar-refractivity contribution in [1.82, 2.24) is 0 Å². The topological polar surface area (TPSA) is 18.5 Å². The van der Waals surface area contributed by atoms with Gasteiger partial charge in [-0.05, 0) is 28.5 Å². The second-order valence-electron chi connectivity index (χ2n) is 5.67. The molecule has 0 saturated carbocycles. The molecule has 0 atom stereocenters. The molecule has 0 heterocycles. The average molecular weight is 383 g/mol. The molecule has 0 N–H and O–H groups in total. The summed E-state index contributed by atoms with van der Waals surface area (Å²) in [6.07, 6.45) is -0.112. The van der Waals surface area contributed by atoms with Crippen LogP contribution in [0, 0.1) is 0 Å². The zero-order chi connectivity index (χ0) is 15.5. The molecule has 0 bridgehead atoms. The molecule has 2 rings (SSSR count). The Kier molecular flexibility index (Phi) is 5.79. The highest BCUT2D eigenvalue weighted by Gasteiger charge is 2.32. The molecular weight excluding hydrogens is 360 g/mol. The molecule has 2 aromatic carbocycles. The number of fused-ring (bicyclic) bond motifs is 1. The summed E-state index contributed by atoms with van der Waals surface area (Å²) < 4.78 is 13.1. The maximum absolute atomic E-state index is 5.98. The smallest absolute Gasteiger partial charge is 0.161 e. The van der Waals surface area contributed by atoms with Crippen molar-refractivity contribution in [1.29, 1.82) is 0 Å². The van der Waals surface area contributed by atoms with Gasteiger partial charge in [-0.25, -0.2) is 0 Å². The van der Waals surface area contributed by atoms with Gasteiger partial charge < -0.3 is 8.85 Å². The van der Waals surface area contributed by atoms with E-state index in [1.165, 1.54) is 16.3 Å². The Morgan fingerprint density at radius 3 is 2.14 bits per heavy atom. The van der Waals surface area contributed by atoms with Gasteiger partial charge in [0.05, 0.1) is 0 Å². The minimum absolute atomic E-state index is 0.112. The van der Waals surface area contributed by atoms with Crippen LogP contribution >= 0.6 is 15.9 Å². The van der Waals surface area contributed by atoms with Crippen LogP contribution in [0.2, 0.25) is 13.1 Å². The highest BCUT2D eigenvalue weighted by molar-refractivity contribution is 9.10. The maximum atomic E-state index is 5.98. The van der Waals surface area contributed by atoms with Crippen LogP contribution in [0.1, 0.15) is 19.4 Å². The lowest BCUT2D eigenvalue weighted by Crippen LogP contribution is -2.39. The summed E-state index contributed by atoms with van der Waals surface area (Å²) in [4.78, 5) is 0. The quantitative estimate of drug-likeness (QED) is 0.562. The van der Waals surface area contributed by atoms with E-state index in [0.29, 0.717) is 0 Å². The summed E-state index contributed by atoms with van der Waals surface area (Å²) in [6.45, 7) is 8.74. The Bertz CT molecular complexity index is 610. The molecule has 2 nitrogen and oxygen atoms in total. The highest BCUT2D eigenvalue weighted by atomic mass is 79.9. The predicted octanol–water partition coefficient (Wildman–Crippen LogP) is 3.50. The first-order valence-electron chi connectivity index (χ1n) is 7.42. The van der Waals surface area contributed by atoms with Crippen molar-refractivity contribution in [3.8, 4) is 0 Å². The van der Waals surface area contributed by atoms with Gasteiger partial charge in [-0.2, -0.15) is 0 Å². The molecule has 0 unspecified atom stereocenters. The minimum Gasteiger partial charge on any atom is -0.400 e. The summed E-state index contributed by atoms with van der Waals surface area (Å²) >= 11 is 3.52. The first-order chi connectivity index (χ1) is 9.98. The van der Waals surface area contributed by atoms with Crippen LogP contribution in [-0.2, 0) is 14.3 Å². The van der Waals surface area contributed by atoms with Crippen LogP contribution in [0.3, 0.4) is 0 Å². The Hall–Kier alpha value is -0.466. The van der Waals surface area contributed by atoms with Crippen molar-refractivity contribution in [3.05, 3.63) is 46.4 Å². The molecule has 0 aromatic heterocycles. The van der Waals surface area contributed by atoms with Gasteiger partial charge in [0.15, 0.2) is 19.5 Å². The zero-order valence-electron chi connectivity index (χ0n) is 13.2. The summed E-state index contributed by atoms with van der Waals surface area (Å²) in [6, 6.07) is 13.0. The molecule has 0 radical (unpaired) electrons. The SMILES string of the molecule is C[SiH2]OC(O[SiH2]C)C(C)(C)c1ccc2cc(Br)ccc2c1. The monoisotopic (exact) mass is 382 g/mol. The molecule has 0 aliphatic rings. The normalized spacial score (nSPS) is 14.7. The molecule has 0 aliphatic heterocycles. The standard InChI is InChI=1S/C16H23BrO2Si2/c1-16(2,15(18-20-3)19-21-4)13-7-5-12-10-14(17)8-6-11(12)9-13/h5-10,15H,20-21H2,1-4H3. The van der Waals surface area contributed by atoms with E-state index >= 15 is 0 Å². The summed E-state index contributed by atoms with van der Waals surface area (Å²) in [5.41, 5.74) is 1.14. The van der Waals surface area contributed by atoms with Crippen molar-refractivity contribution in [3.63, 3.8) is 0 Å². The molecule has 114 valence electrons. The van der Waals surface area contributed by atoms with E-state index in [4.69, 9.17) is 8.85 Å². The second kappa shape index (κ2) is 7.20. The molecule has 0 saturated heterocycles. The van der Waals surface area contributed by atoms with E-state index in [-0.39, 0.29) is 11.7 Å². The zero-order valence-corrected chi connectivity index (χ0v) is 17.6. The highest BCUT2D eigenvalue weighted by Crippen LogP contribution is 2.32. The van der Waals surface area contributed by atoms with Gasteiger partial charge in [0.1, 0.15) is 6.29 Å². The fraction of sp³-hybridized carbons (Fsp3) is 0.375. The van der Waals surface area contributed by atoms with E-state index in [0.717, 1.165) is 4.47 Å². The number of benzene rings is 2. The Morgan fingerprint density at radius 1 is 0.952 bits per heavy atom. The molecule has 2 aromatic rings. The van der Waals surface area contributed by atoms with Crippen molar-refractivity contribution in [2.24, 2.45) is 0 Å². The van der Waals surface area contributed by atoms with Crippen LogP contribution in [-0.4, -0.2) is 25.8 Å². The van der Waals surface area contributed by atoms with E-state index in [2.05, 4.69) is 79.3 Å². The number of hydrogen-bond acceptors (Lipinski definition) is 2. The van der Waals surface area contributed by atoms with E-state index < -0.39 is 19.5 Å². The fourth-order valence-corrected chi connectivity index (χ4v) is 4.72. The van der Waals surface area contributed by atoms with Gasteiger partial charge in [-0.1, -0.05) is 67.1 Å². The maximum Gasteiger partial charge on any atom is 0.161 e. The van der Waals surface area contributed by atoms with Crippen LogP contribution in [0.5, 0.6) is 0 Å². The third-order valence-electron chi connectivity index (χ3n) is 3.77. The third kappa shape index (κ3) is 3.84. The number of hydrogen-bond donors (Lipinski definition) is 0. The fourth-order valence-electron chi connectivity index (χ4n) is 2.52. The molecule has 0 amide bonds. The lowest BCUT2D eigenvalue weighted by molar-refractivity contribution is -0.0432. The van der Waals surface area contributed by atoms with Gasteiger partial charge >= 0.3 is 0 Å². The van der Waals surface area contributed by atoms with Crippen LogP contribution in [0.25, 0.3) is 10.8 Å². The van der Waals surface area contributed by atoms with Gasteiger partial charge in [-0.15, -0.1) is 0 Å². The van der Waals surface area contributed by atoms with Crippen LogP contribution < -0.4 is 0 Å². The van der Waals surface area contributed by atoms with Gasteiger partial charge in [0.2, 0.25) is 0 Å². The largest absolute Gasteiger partial charge is 0.400 e. The molecule has 0 spiro atoms. The van der Waals surface area contributed by atoms with Crippen molar-refractivity contribution in [2.45, 2.75) is 38.6 Å². The number of halogens is 1. The summed E-state index contributed by atoms with van der Waals surface area (Å²) in [7, 11) is -0.988. The van der Waals surface area contributed by atoms with Crippen molar-refractivity contribution < 1.29 is 8.85 Å². The lowest BCUT2D eigenvalue weighted by atomic mass is 9.83. The first-order valence-corrected chi connectivity index (χ1v) is 12.2. The molecule has 0 aliphatic carbocycles. The Labute approximate surface area is 140 Å². The molecule has 5 heteroatoms. The second-order valence-corrected chi connectivity index (χ2v) is 8.41. The number of rotatable bonds is 6. The van der Waals surface area contributed by atoms with E-state index in [9.17, 15) is 0 Å². The Balaban J connectivity index is 2.40. The van der Waals surface area contributed by atoms with Crippen LogP contribution in [0.15, 0.2) is 40.9 Å². The van der Waals surface area contributed by atoms with Crippen molar-refractivity contribution >= 4 is 46.2 Å². The Morgan fingerprint density at radius 2 is 1.52 bits per heavy atom. The average Bonchev–Trinajstić information content (AvgIpc) is 2.46. The lowest BCUT2D eigenvalue weighted by Gasteiger charge is -2.35. The summed E-state index contributed by atoms with van der Waals surface area (Å²) in [5.74, 6) is 0. The molecular formula is C16H23BrO2Si2. The molecule has 21 heavy (non-hydrogen) atoms. The van der Waals surface area contributed by atoms with Gasteiger partial charge in [0, 0.05) is 9.89 Å². The van der Waals surface area contributed by atoms with Gasteiger partial charge in [-0.3, -0.25) is 0 Å². The van der Waals surface area contributed by atoms with E-state index in [1.807, 2.05) is 0 Å². The molecule has 0 fully saturated rings. The minimum atomic E-state index is -0.494. The predicted molar refractivity (Wildman–Crippen MR) is 99.4 cm³/mol. The van der Waals surface area contributed by atoms with Crippen LogP contribution in [0.4, 0.5) is 0 Å².